The number of rotatable bonds is 3. The summed E-state index contributed by atoms with van der Waals surface area (Å²) in [6.07, 6.45) is 2.25. The second-order valence-corrected chi connectivity index (χ2v) is 4.99. The summed E-state index contributed by atoms with van der Waals surface area (Å²) < 4.78 is 5.48. The van der Waals surface area contributed by atoms with Gasteiger partial charge in [0.1, 0.15) is 5.76 Å². The fourth-order valence-electron chi connectivity index (χ4n) is 2.42. The first kappa shape index (κ1) is 13.1. The van der Waals surface area contributed by atoms with Crippen LogP contribution in [-0.4, -0.2) is 35.1 Å². The van der Waals surface area contributed by atoms with Crippen LogP contribution in [0.25, 0.3) is 0 Å². The number of hydrogen-bond acceptors (Lipinski definition) is 3. The Bertz CT molecular complexity index is 403. The molecule has 0 saturated carbocycles. The molecule has 1 atom stereocenters. The van der Waals surface area contributed by atoms with E-state index in [1.165, 1.54) is 0 Å². The molecule has 1 aromatic rings. The first-order valence-electron chi connectivity index (χ1n) is 6.68. The van der Waals surface area contributed by atoms with Crippen LogP contribution < -0.4 is 0 Å². The standard InChI is InChI=1S/C14H21NO3/c1-3-12-4-5-13(18-12)14(17)15-8-6-11(7-9-15)10(2)16/h4-5,10-11,16H,3,6-9H2,1-2H3. The van der Waals surface area contributed by atoms with Crippen molar-refractivity contribution in [1.29, 1.82) is 0 Å². The highest BCUT2D eigenvalue weighted by atomic mass is 16.4. The van der Waals surface area contributed by atoms with Crippen molar-refractivity contribution < 1.29 is 14.3 Å². The van der Waals surface area contributed by atoms with Gasteiger partial charge in [0.2, 0.25) is 0 Å². The molecule has 2 rings (SSSR count). The number of carbonyl (C=O) groups is 1. The molecule has 2 heterocycles. The lowest BCUT2D eigenvalue weighted by Crippen LogP contribution is -2.40. The minimum atomic E-state index is -0.280. The highest BCUT2D eigenvalue weighted by molar-refractivity contribution is 5.91. The zero-order valence-corrected chi connectivity index (χ0v) is 11.1. The van der Waals surface area contributed by atoms with Gasteiger partial charge >= 0.3 is 0 Å². The van der Waals surface area contributed by atoms with E-state index in [0.717, 1.165) is 25.0 Å². The molecule has 0 aliphatic carbocycles. The fourth-order valence-corrected chi connectivity index (χ4v) is 2.42. The smallest absolute Gasteiger partial charge is 0.289 e. The first-order valence-corrected chi connectivity index (χ1v) is 6.68. The van der Waals surface area contributed by atoms with E-state index in [9.17, 15) is 9.90 Å². The van der Waals surface area contributed by atoms with Gasteiger partial charge in [0.15, 0.2) is 5.76 Å². The van der Waals surface area contributed by atoms with Crippen molar-refractivity contribution >= 4 is 5.91 Å². The molecule has 0 aromatic carbocycles. The Kier molecular flexibility index (Phi) is 4.07. The van der Waals surface area contributed by atoms with Crippen LogP contribution in [0.15, 0.2) is 16.5 Å². The van der Waals surface area contributed by atoms with Gasteiger partial charge in [-0.05, 0) is 37.8 Å². The minimum Gasteiger partial charge on any atom is -0.456 e. The molecule has 0 bridgehead atoms. The Morgan fingerprint density at radius 2 is 2.17 bits per heavy atom. The van der Waals surface area contributed by atoms with Gasteiger partial charge in [-0.15, -0.1) is 0 Å². The monoisotopic (exact) mass is 251 g/mol. The van der Waals surface area contributed by atoms with E-state index in [-0.39, 0.29) is 12.0 Å². The molecule has 1 aromatic heterocycles. The number of likely N-dealkylation sites (tertiary alicyclic amines) is 1. The van der Waals surface area contributed by atoms with Gasteiger partial charge in [0.25, 0.3) is 5.91 Å². The largest absolute Gasteiger partial charge is 0.456 e. The van der Waals surface area contributed by atoms with Crippen LogP contribution in [0.4, 0.5) is 0 Å². The molecule has 1 fully saturated rings. The third-order valence-electron chi connectivity index (χ3n) is 3.73. The summed E-state index contributed by atoms with van der Waals surface area (Å²) in [4.78, 5) is 14.0. The Hall–Kier alpha value is -1.29. The van der Waals surface area contributed by atoms with Gasteiger partial charge in [-0.2, -0.15) is 0 Å². The number of carbonyl (C=O) groups excluding carboxylic acids is 1. The van der Waals surface area contributed by atoms with Crippen LogP contribution in [-0.2, 0) is 6.42 Å². The normalized spacial score (nSPS) is 18.9. The molecule has 1 unspecified atom stereocenters. The Labute approximate surface area is 108 Å². The summed E-state index contributed by atoms with van der Waals surface area (Å²) in [6, 6.07) is 3.61. The molecular weight excluding hydrogens is 230 g/mol. The number of hydrogen-bond donors (Lipinski definition) is 1. The van der Waals surface area contributed by atoms with Crippen LogP contribution >= 0.6 is 0 Å². The first-order chi connectivity index (χ1) is 8.61. The van der Waals surface area contributed by atoms with Gasteiger partial charge < -0.3 is 14.4 Å². The predicted octanol–water partition coefficient (Wildman–Crippen LogP) is 2.08. The number of aliphatic hydroxyl groups excluding tert-OH is 1. The lowest BCUT2D eigenvalue weighted by Gasteiger charge is -2.32. The molecule has 4 nitrogen and oxygen atoms in total. The average Bonchev–Trinajstić information content (AvgIpc) is 2.86. The van der Waals surface area contributed by atoms with Crippen LogP contribution in [0.1, 0.15) is 43.0 Å². The van der Waals surface area contributed by atoms with Gasteiger partial charge in [0.05, 0.1) is 6.10 Å². The van der Waals surface area contributed by atoms with E-state index < -0.39 is 0 Å². The number of aliphatic hydroxyl groups is 1. The maximum Gasteiger partial charge on any atom is 0.289 e. The number of piperidine rings is 1. The number of amides is 1. The maximum atomic E-state index is 12.2. The van der Waals surface area contributed by atoms with E-state index >= 15 is 0 Å². The zero-order valence-electron chi connectivity index (χ0n) is 11.1. The van der Waals surface area contributed by atoms with Gasteiger partial charge in [-0.3, -0.25) is 4.79 Å². The molecule has 4 heteroatoms. The topological polar surface area (TPSA) is 53.7 Å². The van der Waals surface area contributed by atoms with E-state index in [2.05, 4.69) is 0 Å². The maximum absolute atomic E-state index is 12.2. The average molecular weight is 251 g/mol. The van der Waals surface area contributed by atoms with E-state index in [4.69, 9.17) is 4.42 Å². The summed E-state index contributed by atoms with van der Waals surface area (Å²) in [5, 5.41) is 9.53. The Morgan fingerprint density at radius 3 is 2.67 bits per heavy atom. The van der Waals surface area contributed by atoms with E-state index in [1.54, 1.807) is 6.07 Å². The summed E-state index contributed by atoms with van der Waals surface area (Å²) in [5.74, 6) is 1.56. The summed E-state index contributed by atoms with van der Waals surface area (Å²) >= 11 is 0. The minimum absolute atomic E-state index is 0.0289. The van der Waals surface area contributed by atoms with Crippen LogP contribution in [0.3, 0.4) is 0 Å². The van der Waals surface area contributed by atoms with Crippen LogP contribution in [0.5, 0.6) is 0 Å². The fraction of sp³-hybridized carbons (Fsp3) is 0.643. The van der Waals surface area contributed by atoms with Gasteiger partial charge in [0, 0.05) is 19.5 Å². The van der Waals surface area contributed by atoms with Crippen LogP contribution in [0, 0.1) is 5.92 Å². The highest BCUT2D eigenvalue weighted by Gasteiger charge is 2.27. The van der Waals surface area contributed by atoms with Gasteiger partial charge in [-0.1, -0.05) is 6.92 Å². The quantitative estimate of drug-likeness (QED) is 0.894. The summed E-state index contributed by atoms with van der Waals surface area (Å²) in [5.41, 5.74) is 0. The van der Waals surface area contributed by atoms with Crippen molar-refractivity contribution in [1.82, 2.24) is 4.90 Å². The van der Waals surface area contributed by atoms with Gasteiger partial charge in [-0.25, -0.2) is 0 Å². The zero-order chi connectivity index (χ0) is 13.1. The van der Waals surface area contributed by atoms with E-state index in [0.29, 0.717) is 24.8 Å². The van der Waals surface area contributed by atoms with E-state index in [1.807, 2.05) is 24.8 Å². The number of furan rings is 1. The molecule has 1 amide bonds. The molecule has 18 heavy (non-hydrogen) atoms. The molecular formula is C14H21NO3. The van der Waals surface area contributed by atoms with Crippen molar-refractivity contribution in [3.05, 3.63) is 23.7 Å². The SMILES string of the molecule is CCc1ccc(C(=O)N2CCC(C(C)O)CC2)o1. The lowest BCUT2D eigenvalue weighted by atomic mass is 9.92. The van der Waals surface area contributed by atoms with Crippen LogP contribution in [0.2, 0.25) is 0 Å². The third kappa shape index (κ3) is 2.75. The van der Waals surface area contributed by atoms with Crippen molar-refractivity contribution in [2.75, 3.05) is 13.1 Å². The molecule has 1 aliphatic heterocycles. The Balaban J connectivity index is 1.95. The molecule has 0 radical (unpaired) electrons. The van der Waals surface area contributed by atoms with Crippen molar-refractivity contribution in [2.45, 2.75) is 39.2 Å². The van der Waals surface area contributed by atoms with Crippen molar-refractivity contribution in [2.24, 2.45) is 5.92 Å². The second kappa shape index (κ2) is 5.57. The third-order valence-corrected chi connectivity index (χ3v) is 3.73. The second-order valence-electron chi connectivity index (χ2n) is 4.99. The number of nitrogens with zero attached hydrogens (tertiary/aromatic N) is 1. The molecule has 100 valence electrons. The summed E-state index contributed by atoms with van der Waals surface area (Å²) in [7, 11) is 0. The number of aryl methyl sites for hydroxylation is 1. The molecule has 0 spiro atoms. The highest BCUT2D eigenvalue weighted by Crippen LogP contribution is 2.22. The Morgan fingerprint density at radius 1 is 1.50 bits per heavy atom. The predicted molar refractivity (Wildman–Crippen MR) is 68.4 cm³/mol. The molecule has 1 N–H and O–H groups in total. The molecule has 1 aliphatic rings. The van der Waals surface area contributed by atoms with Crippen molar-refractivity contribution in [3.8, 4) is 0 Å². The lowest BCUT2D eigenvalue weighted by molar-refractivity contribution is 0.0497. The summed E-state index contributed by atoms with van der Waals surface area (Å²) in [6.45, 7) is 5.23. The van der Waals surface area contributed by atoms with Crippen molar-refractivity contribution in [3.63, 3.8) is 0 Å². The molecule has 1 saturated heterocycles.